The number of ether oxygens (including phenoxy) is 1. The summed E-state index contributed by atoms with van der Waals surface area (Å²) in [5, 5.41) is 13.3. The van der Waals surface area contributed by atoms with Gasteiger partial charge in [-0.3, -0.25) is 10.1 Å². The summed E-state index contributed by atoms with van der Waals surface area (Å²) < 4.78 is 5.21. The second-order valence-electron chi connectivity index (χ2n) is 4.40. The zero-order chi connectivity index (χ0) is 12.7. The number of methoxy groups -OCH3 is 1. The van der Waals surface area contributed by atoms with Crippen LogP contribution in [-0.2, 0) is 11.2 Å². The molecule has 0 radical (unpaired) electrons. The van der Waals surface area contributed by atoms with Gasteiger partial charge in [0.15, 0.2) is 0 Å². The van der Waals surface area contributed by atoms with Crippen molar-refractivity contribution in [3.8, 4) is 5.75 Å². The Hall–Kier alpha value is -2.01. The number of aromatic amines is 1. The van der Waals surface area contributed by atoms with Crippen LogP contribution in [0.4, 0.5) is 0 Å². The maximum atomic E-state index is 11.2. The second kappa shape index (κ2) is 4.03. The third kappa shape index (κ3) is 1.55. The zero-order valence-corrected chi connectivity index (χ0v) is 9.99. The quantitative estimate of drug-likeness (QED) is 0.749. The van der Waals surface area contributed by atoms with E-state index in [1.165, 1.54) is 0 Å². The third-order valence-corrected chi connectivity index (χ3v) is 3.41. The Kier molecular flexibility index (Phi) is 2.48. The summed E-state index contributed by atoms with van der Waals surface area (Å²) in [6.07, 6.45) is 0.826. The molecule has 0 bridgehead atoms. The average Bonchev–Trinajstić information content (AvgIpc) is 2.75. The lowest BCUT2D eigenvalue weighted by Crippen LogP contribution is -2.34. The molecule has 0 fully saturated rings. The van der Waals surface area contributed by atoms with E-state index in [2.05, 4.69) is 10.3 Å². The first-order chi connectivity index (χ1) is 8.70. The van der Waals surface area contributed by atoms with E-state index < -0.39 is 12.0 Å². The predicted molar refractivity (Wildman–Crippen MR) is 66.9 cm³/mol. The molecule has 5 heteroatoms. The maximum Gasteiger partial charge on any atom is 0.326 e. The largest absolute Gasteiger partial charge is 0.497 e. The number of aromatic nitrogens is 1. The third-order valence-electron chi connectivity index (χ3n) is 3.41. The normalized spacial score (nSPS) is 18.6. The monoisotopic (exact) mass is 246 g/mol. The predicted octanol–water partition coefficient (Wildman–Crippen LogP) is 1.45. The lowest BCUT2D eigenvalue weighted by molar-refractivity contribution is -0.139. The molecule has 0 saturated carbocycles. The van der Waals surface area contributed by atoms with Gasteiger partial charge in [-0.1, -0.05) is 0 Å². The molecule has 2 aromatic rings. The van der Waals surface area contributed by atoms with Crippen molar-refractivity contribution in [1.82, 2.24) is 10.3 Å². The van der Waals surface area contributed by atoms with Gasteiger partial charge in [0.1, 0.15) is 11.8 Å². The number of benzene rings is 1. The van der Waals surface area contributed by atoms with E-state index in [1.807, 2.05) is 18.2 Å². The molecule has 3 rings (SSSR count). The van der Waals surface area contributed by atoms with Crippen LogP contribution >= 0.6 is 0 Å². The Labute approximate surface area is 104 Å². The fourth-order valence-electron chi connectivity index (χ4n) is 2.54. The summed E-state index contributed by atoms with van der Waals surface area (Å²) in [5.41, 5.74) is 2.79. The summed E-state index contributed by atoms with van der Waals surface area (Å²) in [6.45, 7) is 0.675. The van der Waals surface area contributed by atoms with Gasteiger partial charge >= 0.3 is 5.97 Å². The van der Waals surface area contributed by atoms with Crippen LogP contribution in [0.3, 0.4) is 0 Å². The van der Waals surface area contributed by atoms with E-state index in [0.29, 0.717) is 6.54 Å². The Morgan fingerprint density at radius 1 is 1.50 bits per heavy atom. The summed E-state index contributed by atoms with van der Waals surface area (Å²) in [4.78, 5) is 14.4. The molecule has 0 spiro atoms. The minimum atomic E-state index is -0.852. The Bertz CT molecular complexity index is 618. The number of carbonyl (C=O) groups is 1. The van der Waals surface area contributed by atoms with Crippen molar-refractivity contribution in [1.29, 1.82) is 0 Å². The molecule has 3 N–H and O–H groups in total. The molecule has 18 heavy (non-hydrogen) atoms. The highest BCUT2D eigenvalue weighted by molar-refractivity contribution is 5.89. The molecular formula is C13H14N2O3. The number of aliphatic carboxylic acids is 1. The molecular weight excluding hydrogens is 232 g/mol. The lowest BCUT2D eigenvalue weighted by atomic mass is 9.99. The molecule has 1 atom stereocenters. The van der Waals surface area contributed by atoms with E-state index in [1.54, 1.807) is 7.11 Å². The number of nitrogens with one attached hydrogen (secondary N) is 2. The second-order valence-corrected chi connectivity index (χ2v) is 4.40. The first-order valence-corrected chi connectivity index (χ1v) is 5.85. The molecule has 1 aliphatic rings. The topological polar surface area (TPSA) is 74.3 Å². The van der Waals surface area contributed by atoms with Crippen molar-refractivity contribution in [3.05, 3.63) is 29.5 Å². The van der Waals surface area contributed by atoms with Gasteiger partial charge in [-0.25, -0.2) is 0 Å². The highest BCUT2D eigenvalue weighted by Crippen LogP contribution is 2.32. The molecule has 1 aromatic carbocycles. The van der Waals surface area contributed by atoms with E-state index in [9.17, 15) is 9.90 Å². The van der Waals surface area contributed by atoms with Crippen molar-refractivity contribution >= 4 is 16.9 Å². The van der Waals surface area contributed by atoms with E-state index in [0.717, 1.165) is 34.3 Å². The number of H-pyrrole nitrogens is 1. The zero-order valence-electron chi connectivity index (χ0n) is 9.99. The molecule has 0 aliphatic carbocycles. The van der Waals surface area contributed by atoms with Gasteiger partial charge in [0.2, 0.25) is 0 Å². The van der Waals surface area contributed by atoms with Crippen LogP contribution in [0.1, 0.15) is 17.3 Å². The number of hydrogen-bond acceptors (Lipinski definition) is 3. The number of carboxylic acid groups (broad SMARTS) is 1. The van der Waals surface area contributed by atoms with Gasteiger partial charge in [0.25, 0.3) is 0 Å². The van der Waals surface area contributed by atoms with Gasteiger partial charge in [0, 0.05) is 23.1 Å². The number of rotatable bonds is 2. The Balaban J connectivity index is 2.21. The SMILES string of the molecule is COc1ccc2[nH]c3c(c2c1)CCN[C@H]3C(=O)O. The highest BCUT2D eigenvalue weighted by atomic mass is 16.5. The molecule has 0 unspecified atom stereocenters. The van der Waals surface area contributed by atoms with E-state index in [-0.39, 0.29) is 0 Å². The van der Waals surface area contributed by atoms with E-state index >= 15 is 0 Å². The average molecular weight is 246 g/mol. The van der Waals surface area contributed by atoms with Crippen LogP contribution in [0.15, 0.2) is 18.2 Å². The summed E-state index contributed by atoms with van der Waals surface area (Å²) >= 11 is 0. The van der Waals surface area contributed by atoms with Crippen molar-refractivity contribution in [2.24, 2.45) is 0 Å². The van der Waals surface area contributed by atoms with Crippen molar-refractivity contribution in [2.45, 2.75) is 12.5 Å². The van der Waals surface area contributed by atoms with Crippen LogP contribution in [0.5, 0.6) is 5.75 Å². The first-order valence-electron chi connectivity index (χ1n) is 5.85. The number of carboxylic acids is 1. The van der Waals surface area contributed by atoms with E-state index in [4.69, 9.17) is 4.74 Å². The molecule has 1 aliphatic heterocycles. The van der Waals surface area contributed by atoms with Gasteiger partial charge < -0.3 is 14.8 Å². The van der Waals surface area contributed by atoms with Gasteiger partial charge in [-0.2, -0.15) is 0 Å². The number of hydrogen-bond donors (Lipinski definition) is 3. The number of fused-ring (bicyclic) bond motifs is 3. The minimum Gasteiger partial charge on any atom is -0.497 e. The van der Waals surface area contributed by atoms with Crippen LogP contribution in [0.2, 0.25) is 0 Å². The fourth-order valence-corrected chi connectivity index (χ4v) is 2.54. The van der Waals surface area contributed by atoms with Crippen molar-refractivity contribution in [3.63, 3.8) is 0 Å². The van der Waals surface area contributed by atoms with Crippen LogP contribution < -0.4 is 10.1 Å². The van der Waals surface area contributed by atoms with Crippen LogP contribution in [-0.4, -0.2) is 29.7 Å². The van der Waals surface area contributed by atoms with Crippen molar-refractivity contribution in [2.75, 3.05) is 13.7 Å². The van der Waals surface area contributed by atoms with Crippen LogP contribution in [0, 0.1) is 0 Å². The first kappa shape index (κ1) is 11.1. The summed E-state index contributed by atoms with van der Waals surface area (Å²) in [7, 11) is 1.63. The van der Waals surface area contributed by atoms with Crippen LogP contribution in [0.25, 0.3) is 10.9 Å². The van der Waals surface area contributed by atoms with Crippen molar-refractivity contribution < 1.29 is 14.6 Å². The smallest absolute Gasteiger partial charge is 0.326 e. The Morgan fingerprint density at radius 3 is 3.06 bits per heavy atom. The molecule has 5 nitrogen and oxygen atoms in total. The Morgan fingerprint density at radius 2 is 2.33 bits per heavy atom. The molecule has 2 heterocycles. The van der Waals surface area contributed by atoms with Gasteiger partial charge in [0.05, 0.1) is 7.11 Å². The molecule has 94 valence electrons. The molecule has 0 saturated heterocycles. The lowest BCUT2D eigenvalue weighted by Gasteiger charge is -2.20. The fraction of sp³-hybridized carbons (Fsp3) is 0.308. The van der Waals surface area contributed by atoms with Gasteiger partial charge in [-0.05, 0) is 30.2 Å². The minimum absolute atomic E-state index is 0.646. The standard InChI is InChI=1S/C13H14N2O3/c1-18-7-2-3-10-9(6-7)8-4-5-14-12(13(16)17)11(8)15-10/h2-3,6,12,14-15H,4-5H2,1H3,(H,16,17)/t12-/m1/s1. The summed E-state index contributed by atoms with van der Waals surface area (Å²) in [6, 6.07) is 5.10. The molecule has 1 aromatic heterocycles. The maximum absolute atomic E-state index is 11.2. The summed E-state index contributed by atoms with van der Waals surface area (Å²) in [5.74, 6) is -0.0656. The molecule has 0 amide bonds. The highest BCUT2D eigenvalue weighted by Gasteiger charge is 2.28. The van der Waals surface area contributed by atoms with Gasteiger partial charge in [-0.15, -0.1) is 0 Å².